The molecule has 16 heavy (non-hydrogen) atoms. The molecule has 1 fully saturated rings. The van der Waals surface area contributed by atoms with Crippen molar-refractivity contribution in [2.75, 3.05) is 32.7 Å². The van der Waals surface area contributed by atoms with Gasteiger partial charge in [-0.2, -0.15) is 0 Å². The van der Waals surface area contributed by atoms with Crippen LogP contribution >= 0.6 is 0 Å². The zero-order chi connectivity index (χ0) is 12.2. The topological polar surface area (TPSA) is 43.8 Å². The van der Waals surface area contributed by atoms with E-state index < -0.39 is 5.60 Å². The van der Waals surface area contributed by atoms with E-state index in [1.54, 1.807) is 13.8 Å². The van der Waals surface area contributed by atoms with E-state index >= 15 is 0 Å². The van der Waals surface area contributed by atoms with E-state index in [4.69, 9.17) is 0 Å². The minimum Gasteiger partial charge on any atom is -0.389 e. The zero-order valence-electron chi connectivity index (χ0n) is 10.7. The molecule has 0 bridgehead atoms. The maximum atomic E-state index is 11.9. The molecule has 4 nitrogen and oxygen atoms in total. The highest BCUT2D eigenvalue weighted by molar-refractivity contribution is 5.78. The second-order valence-corrected chi connectivity index (χ2v) is 5.20. The third-order valence-electron chi connectivity index (χ3n) is 2.88. The van der Waals surface area contributed by atoms with Crippen molar-refractivity contribution in [3.05, 3.63) is 0 Å². The Morgan fingerprint density at radius 2 is 1.94 bits per heavy atom. The Morgan fingerprint density at radius 1 is 1.38 bits per heavy atom. The van der Waals surface area contributed by atoms with Crippen LogP contribution in [0, 0.1) is 0 Å². The van der Waals surface area contributed by atoms with Crippen molar-refractivity contribution in [2.24, 2.45) is 0 Å². The highest BCUT2D eigenvalue weighted by Crippen LogP contribution is 2.09. The number of rotatable bonds is 5. The van der Waals surface area contributed by atoms with Gasteiger partial charge < -0.3 is 10.0 Å². The molecule has 1 aliphatic rings. The summed E-state index contributed by atoms with van der Waals surface area (Å²) in [5.41, 5.74) is -0.735. The van der Waals surface area contributed by atoms with Gasteiger partial charge in [0.05, 0.1) is 12.1 Å². The summed E-state index contributed by atoms with van der Waals surface area (Å²) < 4.78 is 0. The summed E-state index contributed by atoms with van der Waals surface area (Å²) in [4.78, 5) is 15.8. The summed E-state index contributed by atoms with van der Waals surface area (Å²) in [6.07, 6.45) is 2.26. The number of nitrogens with zero attached hydrogens (tertiary/aromatic N) is 2. The Hall–Kier alpha value is -0.610. The highest BCUT2D eigenvalue weighted by Gasteiger charge is 2.23. The third-order valence-corrected chi connectivity index (χ3v) is 2.88. The van der Waals surface area contributed by atoms with Gasteiger partial charge in [0.1, 0.15) is 0 Å². The van der Waals surface area contributed by atoms with Gasteiger partial charge in [0.15, 0.2) is 0 Å². The Kier molecular flexibility index (Phi) is 4.74. The smallest absolute Gasteiger partial charge is 0.236 e. The van der Waals surface area contributed by atoms with Crippen LogP contribution in [0.2, 0.25) is 0 Å². The van der Waals surface area contributed by atoms with Crippen LogP contribution in [0.3, 0.4) is 0 Å². The first-order chi connectivity index (χ1) is 7.42. The lowest BCUT2D eigenvalue weighted by Crippen LogP contribution is -2.44. The van der Waals surface area contributed by atoms with E-state index in [-0.39, 0.29) is 5.91 Å². The van der Waals surface area contributed by atoms with Gasteiger partial charge in [0, 0.05) is 19.6 Å². The quantitative estimate of drug-likeness (QED) is 0.753. The molecular formula is C12H24N2O2. The summed E-state index contributed by atoms with van der Waals surface area (Å²) in [5.74, 6) is 0.198. The Bertz CT molecular complexity index is 230. The average Bonchev–Trinajstić information content (AvgIpc) is 2.67. The van der Waals surface area contributed by atoms with Gasteiger partial charge in [-0.3, -0.25) is 9.69 Å². The number of likely N-dealkylation sites (N-methyl/N-ethyl adjacent to an activating group) is 1. The average molecular weight is 228 g/mol. The van der Waals surface area contributed by atoms with Crippen LogP contribution in [-0.2, 0) is 4.79 Å². The molecule has 0 aromatic heterocycles. The molecule has 0 aromatic carbocycles. The molecule has 1 amide bonds. The van der Waals surface area contributed by atoms with Gasteiger partial charge in [-0.05, 0) is 33.2 Å². The molecule has 4 heteroatoms. The van der Waals surface area contributed by atoms with Crippen molar-refractivity contribution in [1.29, 1.82) is 0 Å². The van der Waals surface area contributed by atoms with Crippen molar-refractivity contribution < 1.29 is 9.90 Å². The van der Waals surface area contributed by atoms with E-state index in [0.717, 1.165) is 32.5 Å². The Labute approximate surface area is 98.2 Å². The minimum absolute atomic E-state index is 0.198. The standard InChI is InChI=1S/C12H24N2O2/c1-4-13(10-12(2,3)16)9-11(15)14-7-5-6-8-14/h16H,4-10H2,1-3H3. The van der Waals surface area contributed by atoms with Crippen molar-refractivity contribution >= 4 is 5.91 Å². The lowest BCUT2D eigenvalue weighted by molar-refractivity contribution is -0.131. The van der Waals surface area contributed by atoms with E-state index in [2.05, 4.69) is 0 Å². The number of amides is 1. The van der Waals surface area contributed by atoms with Crippen LogP contribution in [0.15, 0.2) is 0 Å². The predicted molar refractivity (Wildman–Crippen MR) is 64.2 cm³/mol. The van der Waals surface area contributed by atoms with Crippen LogP contribution in [0.25, 0.3) is 0 Å². The molecule has 1 N–H and O–H groups in total. The lowest BCUT2D eigenvalue weighted by atomic mass is 10.1. The molecule has 0 atom stereocenters. The molecular weight excluding hydrogens is 204 g/mol. The summed E-state index contributed by atoms with van der Waals surface area (Å²) in [6.45, 7) is 9.14. The molecule has 1 saturated heterocycles. The second kappa shape index (κ2) is 5.64. The highest BCUT2D eigenvalue weighted by atomic mass is 16.3. The van der Waals surface area contributed by atoms with Gasteiger partial charge in [0.25, 0.3) is 0 Å². The number of aliphatic hydroxyl groups is 1. The monoisotopic (exact) mass is 228 g/mol. The summed E-state index contributed by atoms with van der Waals surface area (Å²) in [5, 5.41) is 9.73. The Morgan fingerprint density at radius 3 is 2.38 bits per heavy atom. The number of hydrogen-bond donors (Lipinski definition) is 1. The summed E-state index contributed by atoms with van der Waals surface area (Å²) >= 11 is 0. The maximum absolute atomic E-state index is 11.9. The molecule has 1 heterocycles. The van der Waals surface area contributed by atoms with Gasteiger partial charge >= 0.3 is 0 Å². The number of hydrogen-bond acceptors (Lipinski definition) is 3. The fourth-order valence-corrected chi connectivity index (χ4v) is 2.08. The van der Waals surface area contributed by atoms with Crippen LogP contribution in [-0.4, -0.2) is 59.1 Å². The van der Waals surface area contributed by atoms with E-state index in [1.807, 2.05) is 16.7 Å². The minimum atomic E-state index is -0.735. The molecule has 0 saturated carbocycles. The number of likely N-dealkylation sites (tertiary alicyclic amines) is 1. The van der Waals surface area contributed by atoms with Crippen molar-refractivity contribution in [1.82, 2.24) is 9.80 Å². The third kappa shape index (κ3) is 4.49. The van der Waals surface area contributed by atoms with Crippen LogP contribution in [0.5, 0.6) is 0 Å². The lowest BCUT2D eigenvalue weighted by Gasteiger charge is -2.28. The largest absolute Gasteiger partial charge is 0.389 e. The summed E-state index contributed by atoms with van der Waals surface area (Å²) in [7, 11) is 0. The molecule has 0 radical (unpaired) electrons. The van der Waals surface area contributed by atoms with Crippen molar-refractivity contribution in [3.63, 3.8) is 0 Å². The number of carbonyl (C=O) groups excluding carboxylic acids is 1. The molecule has 1 aliphatic heterocycles. The first-order valence-electron chi connectivity index (χ1n) is 6.15. The fourth-order valence-electron chi connectivity index (χ4n) is 2.08. The first-order valence-corrected chi connectivity index (χ1v) is 6.15. The normalized spacial score (nSPS) is 17.2. The molecule has 0 aromatic rings. The van der Waals surface area contributed by atoms with Gasteiger partial charge in [-0.25, -0.2) is 0 Å². The van der Waals surface area contributed by atoms with Gasteiger partial charge in [0.2, 0.25) is 5.91 Å². The Balaban J connectivity index is 2.40. The van der Waals surface area contributed by atoms with E-state index in [1.165, 1.54) is 0 Å². The van der Waals surface area contributed by atoms with E-state index in [0.29, 0.717) is 13.1 Å². The van der Waals surface area contributed by atoms with Gasteiger partial charge in [-0.1, -0.05) is 6.92 Å². The second-order valence-electron chi connectivity index (χ2n) is 5.20. The molecule has 0 unspecified atom stereocenters. The van der Waals surface area contributed by atoms with Crippen LogP contribution < -0.4 is 0 Å². The molecule has 94 valence electrons. The molecule has 1 rings (SSSR count). The van der Waals surface area contributed by atoms with Crippen LogP contribution in [0.1, 0.15) is 33.6 Å². The maximum Gasteiger partial charge on any atom is 0.236 e. The fraction of sp³-hybridized carbons (Fsp3) is 0.917. The molecule has 0 aliphatic carbocycles. The van der Waals surface area contributed by atoms with Crippen molar-refractivity contribution in [3.8, 4) is 0 Å². The zero-order valence-corrected chi connectivity index (χ0v) is 10.7. The SMILES string of the molecule is CCN(CC(=O)N1CCCC1)CC(C)(C)O. The first kappa shape index (κ1) is 13.5. The number of carbonyl (C=O) groups is 1. The summed E-state index contributed by atoms with van der Waals surface area (Å²) in [6, 6.07) is 0. The van der Waals surface area contributed by atoms with Crippen molar-refractivity contribution in [2.45, 2.75) is 39.2 Å². The predicted octanol–water partition coefficient (Wildman–Crippen LogP) is 0.702. The van der Waals surface area contributed by atoms with Gasteiger partial charge in [-0.15, -0.1) is 0 Å². The van der Waals surface area contributed by atoms with E-state index in [9.17, 15) is 9.90 Å². The van der Waals surface area contributed by atoms with Crippen LogP contribution in [0.4, 0.5) is 0 Å². The molecule has 0 spiro atoms.